The minimum absolute atomic E-state index is 0.00843. The molecule has 0 bridgehead atoms. The molecule has 0 aliphatic heterocycles. The molecule has 0 saturated carbocycles. The summed E-state index contributed by atoms with van der Waals surface area (Å²) in [7, 11) is 0. The van der Waals surface area contributed by atoms with Crippen LogP contribution in [0, 0.1) is 0 Å². The summed E-state index contributed by atoms with van der Waals surface area (Å²) in [5, 5.41) is 6.56. The van der Waals surface area contributed by atoms with Crippen molar-refractivity contribution in [3.8, 4) is 0 Å². The van der Waals surface area contributed by atoms with E-state index in [9.17, 15) is 4.79 Å². The van der Waals surface area contributed by atoms with Crippen LogP contribution >= 0.6 is 27.5 Å². The van der Waals surface area contributed by atoms with Crippen molar-refractivity contribution in [3.63, 3.8) is 0 Å². The van der Waals surface area contributed by atoms with Gasteiger partial charge < -0.3 is 10.6 Å². The van der Waals surface area contributed by atoms with Crippen LogP contribution in [0.5, 0.6) is 0 Å². The first kappa shape index (κ1) is 14.3. The van der Waals surface area contributed by atoms with Crippen LogP contribution in [0.3, 0.4) is 0 Å². The zero-order chi connectivity index (χ0) is 12.8. The fourth-order valence-electron chi connectivity index (χ4n) is 1.30. The highest BCUT2D eigenvalue weighted by atomic mass is 79.9. The van der Waals surface area contributed by atoms with E-state index in [1.807, 2.05) is 26.0 Å². The first-order valence-electron chi connectivity index (χ1n) is 5.54. The van der Waals surface area contributed by atoms with E-state index in [0.29, 0.717) is 11.6 Å². The normalized spacial score (nSPS) is 12.0. The summed E-state index contributed by atoms with van der Waals surface area (Å²) in [6, 6.07) is 5.23. The lowest BCUT2D eigenvalue weighted by atomic mass is 10.2. The number of carbonyl (C=O) groups excluding carboxylic acids is 1. The van der Waals surface area contributed by atoms with Crippen molar-refractivity contribution >= 4 is 39.1 Å². The third kappa shape index (κ3) is 4.56. The minimum atomic E-state index is -0.279. The Hall–Kier alpha value is -0.740. The second-order valence-corrected chi connectivity index (χ2v) is 5.05. The van der Waals surface area contributed by atoms with Crippen molar-refractivity contribution < 1.29 is 4.79 Å². The van der Waals surface area contributed by atoms with E-state index in [1.54, 1.807) is 6.07 Å². The fourth-order valence-corrected chi connectivity index (χ4v) is 1.73. The van der Waals surface area contributed by atoms with Gasteiger partial charge in [-0.05, 0) is 47.5 Å². The average molecular weight is 320 g/mol. The van der Waals surface area contributed by atoms with Crippen LogP contribution in [-0.2, 0) is 4.79 Å². The molecule has 5 heteroatoms. The molecule has 1 aromatic carbocycles. The Morgan fingerprint density at radius 3 is 2.82 bits per heavy atom. The summed E-state index contributed by atoms with van der Waals surface area (Å²) in [5.74, 6) is -0.00843. The van der Waals surface area contributed by atoms with E-state index < -0.39 is 0 Å². The van der Waals surface area contributed by atoms with Gasteiger partial charge in [0.15, 0.2) is 0 Å². The van der Waals surface area contributed by atoms with Gasteiger partial charge in [0.1, 0.15) is 6.04 Å². The SMILES string of the molecule is CCCNC(=O)C(C)Nc1ccc(Br)c(Cl)c1. The molecule has 0 heterocycles. The molecule has 1 unspecified atom stereocenters. The van der Waals surface area contributed by atoms with Gasteiger partial charge in [-0.1, -0.05) is 18.5 Å². The second kappa shape index (κ2) is 6.87. The summed E-state index contributed by atoms with van der Waals surface area (Å²) >= 11 is 9.29. The van der Waals surface area contributed by atoms with Gasteiger partial charge in [-0.2, -0.15) is 0 Å². The molecule has 94 valence electrons. The molecule has 1 rings (SSSR count). The Morgan fingerprint density at radius 2 is 2.24 bits per heavy atom. The Balaban J connectivity index is 2.58. The molecular weight excluding hydrogens is 304 g/mol. The Bertz CT molecular complexity index is 398. The van der Waals surface area contributed by atoms with Gasteiger partial charge in [0.25, 0.3) is 0 Å². The first-order valence-corrected chi connectivity index (χ1v) is 6.71. The van der Waals surface area contributed by atoms with Gasteiger partial charge in [-0.15, -0.1) is 0 Å². The van der Waals surface area contributed by atoms with Crippen LogP contribution in [0.25, 0.3) is 0 Å². The Labute approximate surface area is 115 Å². The third-order valence-electron chi connectivity index (χ3n) is 2.25. The van der Waals surface area contributed by atoms with E-state index in [1.165, 1.54) is 0 Å². The molecule has 17 heavy (non-hydrogen) atoms. The summed E-state index contributed by atoms with van der Waals surface area (Å²) in [6.07, 6.45) is 0.933. The number of carbonyl (C=O) groups is 1. The molecule has 0 fully saturated rings. The van der Waals surface area contributed by atoms with Crippen LogP contribution in [0.2, 0.25) is 5.02 Å². The zero-order valence-electron chi connectivity index (χ0n) is 9.89. The molecule has 0 aromatic heterocycles. The molecule has 0 aliphatic rings. The van der Waals surface area contributed by atoms with Crippen molar-refractivity contribution in [2.24, 2.45) is 0 Å². The number of amides is 1. The van der Waals surface area contributed by atoms with Crippen LogP contribution < -0.4 is 10.6 Å². The predicted molar refractivity (Wildman–Crippen MR) is 75.5 cm³/mol. The van der Waals surface area contributed by atoms with Crippen LogP contribution in [0.1, 0.15) is 20.3 Å². The third-order valence-corrected chi connectivity index (χ3v) is 3.48. The summed E-state index contributed by atoms with van der Waals surface area (Å²) in [4.78, 5) is 11.6. The van der Waals surface area contributed by atoms with Gasteiger partial charge >= 0.3 is 0 Å². The van der Waals surface area contributed by atoms with E-state index in [4.69, 9.17) is 11.6 Å². The topological polar surface area (TPSA) is 41.1 Å². The molecule has 0 spiro atoms. The Morgan fingerprint density at radius 1 is 1.53 bits per heavy atom. The van der Waals surface area contributed by atoms with E-state index in [0.717, 1.165) is 16.6 Å². The number of benzene rings is 1. The smallest absolute Gasteiger partial charge is 0.242 e. The highest BCUT2D eigenvalue weighted by Gasteiger charge is 2.11. The largest absolute Gasteiger partial charge is 0.374 e. The highest BCUT2D eigenvalue weighted by Crippen LogP contribution is 2.25. The molecule has 2 N–H and O–H groups in total. The molecule has 1 aromatic rings. The van der Waals surface area contributed by atoms with Crippen LogP contribution in [0.4, 0.5) is 5.69 Å². The maximum absolute atomic E-state index is 11.6. The lowest BCUT2D eigenvalue weighted by Gasteiger charge is -2.15. The van der Waals surface area contributed by atoms with Crippen LogP contribution in [0.15, 0.2) is 22.7 Å². The molecule has 0 saturated heterocycles. The number of rotatable bonds is 5. The van der Waals surface area contributed by atoms with Gasteiger partial charge in [-0.25, -0.2) is 0 Å². The predicted octanol–water partition coefficient (Wildman–Crippen LogP) is 3.43. The molecular formula is C12H16BrClN2O. The highest BCUT2D eigenvalue weighted by molar-refractivity contribution is 9.10. The Kier molecular flexibility index (Phi) is 5.78. The summed E-state index contributed by atoms with van der Waals surface area (Å²) in [5.41, 5.74) is 0.831. The molecule has 1 atom stereocenters. The van der Waals surface area contributed by atoms with E-state index >= 15 is 0 Å². The van der Waals surface area contributed by atoms with Gasteiger partial charge in [0.2, 0.25) is 5.91 Å². The maximum Gasteiger partial charge on any atom is 0.242 e. The van der Waals surface area contributed by atoms with E-state index in [2.05, 4.69) is 26.6 Å². The van der Waals surface area contributed by atoms with Crippen molar-refractivity contribution in [1.82, 2.24) is 5.32 Å². The van der Waals surface area contributed by atoms with Crippen molar-refractivity contribution in [3.05, 3.63) is 27.7 Å². The van der Waals surface area contributed by atoms with Crippen molar-refractivity contribution in [2.45, 2.75) is 26.3 Å². The van der Waals surface area contributed by atoms with Gasteiger partial charge in [0, 0.05) is 16.7 Å². The number of hydrogen-bond acceptors (Lipinski definition) is 2. The van der Waals surface area contributed by atoms with Crippen LogP contribution in [-0.4, -0.2) is 18.5 Å². The van der Waals surface area contributed by atoms with Gasteiger partial charge in [-0.3, -0.25) is 4.79 Å². The van der Waals surface area contributed by atoms with E-state index in [-0.39, 0.29) is 11.9 Å². The maximum atomic E-state index is 11.6. The summed E-state index contributed by atoms with van der Waals surface area (Å²) in [6.45, 7) is 4.54. The number of anilines is 1. The average Bonchev–Trinajstić information content (AvgIpc) is 2.30. The quantitative estimate of drug-likeness (QED) is 0.873. The molecule has 1 amide bonds. The van der Waals surface area contributed by atoms with Crippen molar-refractivity contribution in [1.29, 1.82) is 0 Å². The number of nitrogens with one attached hydrogen (secondary N) is 2. The molecule has 3 nitrogen and oxygen atoms in total. The fraction of sp³-hybridized carbons (Fsp3) is 0.417. The molecule has 0 aliphatic carbocycles. The number of hydrogen-bond donors (Lipinski definition) is 2. The minimum Gasteiger partial charge on any atom is -0.374 e. The van der Waals surface area contributed by atoms with Crippen molar-refractivity contribution in [2.75, 3.05) is 11.9 Å². The number of halogens is 2. The molecule has 0 radical (unpaired) electrons. The monoisotopic (exact) mass is 318 g/mol. The standard InChI is InChI=1S/C12H16BrClN2O/c1-3-6-15-12(17)8(2)16-9-4-5-10(13)11(14)7-9/h4-5,7-8,16H,3,6H2,1-2H3,(H,15,17). The first-order chi connectivity index (χ1) is 8.04. The van der Waals surface area contributed by atoms with Gasteiger partial charge in [0.05, 0.1) is 5.02 Å². The second-order valence-electron chi connectivity index (χ2n) is 3.79. The lowest BCUT2D eigenvalue weighted by molar-refractivity contribution is -0.121. The summed E-state index contributed by atoms with van der Waals surface area (Å²) < 4.78 is 0.841. The lowest BCUT2D eigenvalue weighted by Crippen LogP contribution is -2.37. The zero-order valence-corrected chi connectivity index (χ0v) is 12.2.